The molecule has 28 heavy (non-hydrogen) atoms. The first-order chi connectivity index (χ1) is 13.0. The lowest BCUT2D eigenvalue weighted by molar-refractivity contribution is -0.870. The fraction of sp³-hybridized carbons (Fsp3) is 0.875. The second-order valence-electron chi connectivity index (χ2n) is 9.05. The number of rotatable bonds is 19. The van der Waals surface area contributed by atoms with Gasteiger partial charge in [-0.05, 0) is 32.1 Å². The van der Waals surface area contributed by atoms with Crippen LogP contribution in [0.15, 0.2) is 12.2 Å². The van der Waals surface area contributed by atoms with Gasteiger partial charge < -0.3 is 26.8 Å². The second kappa shape index (κ2) is 21.4. The van der Waals surface area contributed by atoms with Gasteiger partial charge in [-0.25, -0.2) is 0 Å². The molecule has 1 N–H and O–H groups in total. The molecule has 0 bridgehead atoms. The number of amides is 1. The van der Waals surface area contributed by atoms with Gasteiger partial charge in [-0.1, -0.05) is 70.4 Å². The summed E-state index contributed by atoms with van der Waals surface area (Å²) in [6, 6.07) is 0. The van der Waals surface area contributed by atoms with Crippen molar-refractivity contribution in [1.29, 1.82) is 0 Å². The average Bonchev–Trinajstić information content (AvgIpc) is 2.61. The Labute approximate surface area is 187 Å². The average molecular weight is 462 g/mol. The Morgan fingerprint density at radius 2 is 1.25 bits per heavy atom. The summed E-state index contributed by atoms with van der Waals surface area (Å²) in [6.07, 6.45) is 23.4. The molecular weight excluding hydrogens is 412 g/mol. The molecule has 0 aromatic heterocycles. The summed E-state index contributed by atoms with van der Waals surface area (Å²) in [6.45, 7) is 4.20. The number of nitrogens with one attached hydrogen (secondary N) is 1. The Morgan fingerprint density at radius 3 is 1.79 bits per heavy atom. The molecule has 0 aliphatic rings. The van der Waals surface area contributed by atoms with Crippen molar-refractivity contribution in [2.75, 3.05) is 34.2 Å². The molecule has 4 heteroatoms. The highest BCUT2D eigenvalue weighted by molar-refractivity contribution is 5.75. The third-order valence-corrected chi connectivity index (χ3v) is 4.99. The molecule has 0 saturated carbocycles. The third kappa shape index (κ3) is 25.6. The van der Waals surface area contributed by atoms with Crippen molar-refractivity contribution >= 4 is 5.91 Å². The van der Waals surface area contributed by atoms with E-state index in [9.17, 15) is 4.79 Å². The largest absolute Gasteiger partial charge is 1.00 e. The fourth-order valence-corrected chi connectivity index (χ4v) is 3.23. The molecule has 0 aromatic carbocycles. The molecule has 0 aliphatic heterocycles. The van der Waals surface area contributed by atoms with E-state index in [1.165, 1.54) is 77.0 Å². The minimum absolute atomic E-state index is 0. The summed E-state index contributed by atoms with van der Waals surface area (Å²) < 4.78 is 0.962. The van der Waals surface area contributed by atoms with Crippen LogP contribution in [-0.2, 0) is 4.79 Å². The van der Waals surface area contributed by atoms with Gasteiger partial charge in [0.05, 0.1) is 27.7 Å². The molecule has 0 fully saturated rings. The summed E-state index contributed by atoms with van der Waals surface area (Å²) in [5.41, 5.74) is 0. The number of carbonyl (C=O) groups is 1. The van der Waals surface area contributed by atoms with Crippen molar-refractivity contribution in [2.45, 2.75) is 103 Å². The predicted octanol–water partition coefficient (Wildman–Crippen LogP) is 3.24. The van der Waals surface area contributed by atoms with Gasteiger partial charge >= 0.3 is 0 Å². The van der Waals surface area contributed by atoms with Crippen LogP contribution in [0.3, 0.4) is 0 Å². The van der Waals surface area contributed by atoms with Crippen LogP contribution >= 0.6 is 0 Å². The quantitative estimate of drug-likeness (QED) is 0.179. The highest BCUT2D eigenvalue weighted by Gasteiger charge is 2.06. The van der Waals surface area contributed by atoms with Gasteiger partial charge in [0, 0.05) is 19.4 Å². The molecular formula is C24H49BrN2O. The number of halogens is 1. The highest BCUT2D eigenvalue weighted by Crippen LogP contribution is 2.10. The van der Waals surface area contributed by atoms with E-state index >= 15 is 0 Å². The van der Waals surface area contributed by atoms with Crippen LogP contribution in [0.5, 0.6) is 0 Å². The highest BCUT2D eigenvalue weighted by atomic mass is 79.9. The summed E-state index contributed by atoms with van der Waals surface area (Å²) >= 11 is 0. The Morgan fingerprint density at radius 1 is 0.750 bits per heavy atom. The fourth-order valence-electron chi connectivity index (χ4n) is 3.23. The summed E-state index contributed by atoms with van der Waals surface area (Å²) in [5.74, 6) is 0.231. The SMILES string of the molecule is CCCCCCCC/C=C\CCCCCCCC(=O)NCCC[N+](C)(C)C.[Br-]. The molecule has 0 unspecified atom stereocenters. The zero-order valence-electron chi connectivity index (χ0n) is 19.4. The molecule has 0 heterocycles. The normalized spacial score (nSPS) is 11.6. The van der Waals surface area contributed by atoms with Crippen molar-refractivity contribution < 1.29 is 26.3 Å². The van der Waals surface area contributed by atoms with Crippen LogP contribution < -0.4 is 22.3 Å². The van der Waals surface area contributed by atoms with Crippen LogP contribution in [0, 0.1) is 0 Å². The van der Waals surface area contributed by atoms with Gasteiger partial charge in [-0.2, -0.15) is 0 Å². The van der Waals surface area contributed by atoms with Gasteiger partial charge in [-0.15, -0.1) is 0 Å². The number of nitrogens with zero attached hydrogens (tertiary/aromatic N) is 1. The summed E-state index contributed by atoms with van der Waals surface area (Å²) in [4.78, 5) is 11.8. The van der Waals surface area contributed by atoms with Crippen molar-refractivity contribution in [3.8, 4) is 0 Å². The first-order valence-electron chi connectivity index (χ1n) is 11.7. The Kier molecular flexibility index (Phi) is 22.8. The van der Waals surface area contributed by atoms with Crippen molar-refractivity contribution in [3.63, 3.8) is 0 Å². The Hall–Kier alpha value is -0.350. The molecule has 1 amide bonds. The van der Waals surface area contributed by atoms with E-state index in [1.807, 2.05) is 0 Å². The van der Waals surface area contributed by atoms with E-state index in [-0.39, 0.29) is 22.9 Å². The van der Waals surface area contributed by atoms with E-state index in [1.54, 1.807) is 0 Å². The first kappa shape index (κ1) is 29.8. The lowest BCUT2D eigenvalue weighted by Gasteiger charge is -2.23. The number of unbranched alkanes of at least 4 members (excludes halogenated alkanes) is 11. The zero-order chi connectivity index (χ0) is 20.2. The predicted molar refractivity (Wildman–Crippen MR) is 120 cm³/mol. The molecule has 0 aromatic rings. The minimum atomic E-state index is 0. The lowest BCUT2D eigenvalue weighted by Crippen LogP contribution is -3.00. The van der Waals surface area contributed by atoms with E-state index in [0.717, 1.165) is 30.4 Å². The first-order valence-corrected chi connectivity index (χ1v) is 11.7. The van der Waals surface area contributed by atoms with Crippen molar-refractivity contribution in [2.24, 2.45) is 0 Å². The lowest BCUT2D eigenvalue weighted by atomic mass is 10.1. The number of quaternary nitrogens is 1. The smallest absolute Gasteiger partial charge is 0.219 e. The van der Waals surface area contributed by atoms with Crippen LogP contribution in [0.1, 0.15) is 103 Å². The van der Waals surface area contributed by atoms with Crippen molar-refractivity contribution in [3.05, 3.63) is 12.2 Å². The van der Waals surface area contributed by atoms with E-state index in [4.69, 9.17) is 0 Å². The maximum Gasteiger partial charge on any atom is 0.219 e. The standard InChI is InChI=1S/C24H48N2O.BrH/c1-5-6-7-8-9-10-11-12-13-14-15-16-17-18-19-21-24(27)25-22-20-23-26(2,3)4;/h12-13H,5-11,14-23H2,1-4H3;1H/b13-12-;. The molecule has 0 spiro atoms. The minimum Gasteiger partial charge on any atom is -1.00 e. The van der Waals surface area contributed by atoms with Gasteiger partial charge in [-0.3, -0.25) is 4.79 Å². The molecule has 0 aliphatic carbocycles. The van der Waals surface area contributed by atoms with Crippen molar-refractivity contribution in [1.82, 2.24) is 5.32 Å². The van der Waals surface area contributed by atoms with Crippen LogP contribution in [0.4, 0.5) is 0 Å². The second-order valence-corrected chi connectivity index (χ2v) is 9.05. The molecule has 0 rings (SSSR count). The molecule has 0 radical (unpaired) electrons. The van der Waals surface area contributed by atoms with Gasteiger partial charge in [0.15, 0.2) is 0 Å². The monoisotopic (exact) mass is 460 g/mol. The van der Waals surface area contributed by atoms with Gasteiger partial charge in [0.1, 0.15) is 0 Å². The number of hydrogen-bond acceptors (Lipinski definition) is 1. The number of carbonyl (C=O) groups excluding carboxylic acids is 1. The zero-order valence-corrected chi connectivity index (χ0v) is 21.0. The third-order valence-electron chi connectivity index (χ3n) is 4.99. The van der Waals surface area contributed by atoms with Crippen LogP contribution in [0.2, 0.25) is 0 Å². The summed E-state index contributed by atoms with van der Waals surface area (Å²) in [7, 11) is 6.56. The van der Waals surface area contributed by atoms with E-state index < -0.39 is 0 Å². The van der Waals surface area contributed by atoms with Gasteiger partial charge in [0.25, 0.3) is 0 Å². The maximum atomic E-state index is 11.8. The topological polar surface area (TPSA) is 29.1 Å². The maximum absolute atomic E-state index is 11.8. The van der Waals surface area contributed by atoms with Crippen LogP contribution in [0.25, 0.3) is 0 Å². The molecule has 0 atom stereocenters. The Bertz CT molecular complexity index is 364. The number of allylic oxidation sites excluding steroid dienone is 2. The molecule has 3 nitrogen and oxygen atoms in total. The molecule has 168 valence electrons. The Balaban J connectivity index is 0. The van der Waals surface area contributed by atoms with E-state index in [2.05, 4.69) is 45.5 Å². The molecule has 0 saturated heterocycles. The van der Waals surface area contributed by atoms with Gasteiger partial charge in [0.2, 0.25) is 5.91 Å². The number of hydrogen-bond donors (Lipinski definition) is 1. The van der Waals surface area contributed by atoms with E-state index in [0.29, 0.717) is 6.42 Å². The van der Waals surface area contributed by atoms with Crippen LogP contribution in [-0.4, -0.2) is 44.6 Å². The summed E-state index contributed by atoms with van der Waals surface area (Å²) in [5, 5.41) is 3.05.